The van der Waals surface area contributed by atoms with Gasteiger partial charge in [-0.1, -0.05) is 37.0 Å². The molecule has 1 aliphatic carbocycles. The van der Waals surface area contributed by atoms with E-state index in [0.29, 0.717) is 43.8 Å². The quantitative estimate of drug-likeness (QED) is 0.606. The van der Waals surface area contributed by atoms with E-state index in [4.69, 9.17) is 17.3 Å². The van der Waals surface area contributed by atoms with Crippen molar-refractivity contribution in [2.24, 2.45) is 0 Å². The Morgan fingerprint density at radius 2 is 1.56 bits per heavy atom. The van der Waals surface area contributed by atoms with Crippen LogP contribution in [-0.4, -0.2) is 58.1 Å². The molecule has 176 valence electrons. The Labute approximate surface area is 197 Å². The van der Waals surface area contributed by atoms with Crippen LogP contribution in [0.4, 0.5) is 0 Å². The molecule has 9 heteroatoms. The molecule has 2 aromatic rings. The van der Waals surface area contributed by atoms with Gasteiger partial charge in [0.15, 0.2) is 4.77 Å². The van der Waals surface area contributed by atoms with Gasteiger partial charge in [-0.25, -0.2) is 13.1 Å². The molecule has 0 bridgehead atoms. The Morgan fingerprint density at radius 3 is 2.16 bits per heavy atom. The van der Waals surface area contributed by atoms with Crippen molar-refractivity contribution in [1.29, 1.82) is 0 Å². The molecule has 0 radical (unpaired) electrons. The molecule has 1 saturated carbocycles. The van der Waals surface area contributed by atoms with E-state index in [1.54, 1.807) is 4.31 Å². The Balaban J connectivity index is 1.44. The molecule has 2 aliphatic rings. The highest BCUT2D eigenvalue weighted by molar-refractivity contribution is 7.89. The molecule has 1 aromatic carbocycles. The molecule has 0 atom stereocenters. The number of aromatic nitrogens is 3. The minimum atomic E-state index is -3.50. The van der Waals surface area contributed by atoms with Gasteiger partial charge in [0.1, 0.15) is 5.82 Å². The molecule has 2 fully saturated rings. The standard InChI is InChI=1S/C23H35N5O2S2/c1-17-14-18(2)22(19(3)15-17)32(29,30)26-12-10-25(11-13-26)16-27-23(31)28(20(4)24-27)21-8-6-5-7-9-21/h14-15,21H,5-13,16H2,1-4H3. The van der Waals surface area contributed by atoms with Gasteiger partial charge < -0.3 is 4.57 Å². The van der Waals surface area contributed by atoms with Crippen LogP contribution in [-0.2, 0) is 16.7 Å². The smallest absolute Gasteiger partial charge is 0.243 e. The first-order valence-electron chi connectivity index (χ1n) is 11.6. The van der Waals surface area contributed by atoms with Gasteiger partial charge in [0.05, 0.1) is 11.6 Å². The summed E-state index contributed by atoms with van der Waals surface area (Å²) < 4.78 is 33.3. The van der Waals surface area contributed by atoms with E-state index < -0.39 is 10.0 Å². The summed E-state index contributed by atoms with van der Waals surface area (Å²) in [6.07, 6.45) is 6.18. The van der Waals surface area contributed by atoms with Crippen LogP contribution in [0.25, 0.3) is 0 Å². The summed E-state index contributed by atoms with van der Waals surface area (Å²) in [6.45, 7) is 10.7. The lowest BCUT2D eigenvalue weighted by Crippen LogP contribution is -2.49. The summed E-state index contributed by atoms with van der Waals surface area (Å²) >= 11 is 5.78. The Bertz CT molecular complexity index is 1110. The molecular weight excluding hydrogens is 442 g/mol. The molecule has 2 heterocycles. The summed E-state index contributed by atoms with van der Waals surface area (Å²) in [4.78, 5) is 2.70. The third-order valence-corrected chi connectivity index (χ3v) is 9.46. The molecule has 1 aromatic heterocycles. The zero-order chi connectivity index (χ0) is 23.0. The third kappa shape index (κ3) is 4.58. The average molecular weight is 478 g/mol. The fourth-order valence-corrected chi connectivity index (χ4v) is 7.60. The van der Waals surface area contributed by atoms with Crippen LogP contribution in [0.15, 0.2) is 17.0 Å². The van der Waals surface area contributed by atoms with Crippen LogP contribution in [0, 0.1) is 32.5 Å². The lowest BCUT2D eigenvalue weighted by atomic mass is 9.95. The molecule has 0 N–H and O–H groups in total. The Morgan fingerprint density at radius 1 is 0.969 bits per heavy atom. The van der Waals surface area contributed by atoms with Crippen LogP contribution in [0.1, 0.15) is 60.7 Å². The normalized spacial score (nSPS) is 19.5. The highest BCUT2D eigenvalue weighted by Gasteiger charge is 2.31. The number of nitrogens with zero attached hydrogens (tertiary/aromatic N) is 5. The lowest BCUT2D eigenvalue weighted by molar-refractivity contribution is 0.144. The summed E-state index contributed by atoms with van der Waals surface area (Å²) in [5.41, 5.74) is 2.73. The maximum absolute atomic E-state index is 13.4. The third-order valence-electron chi connectivity index (χ3n) is 6.85. The number of rotatable bonds is 5. The van der Waals surface area contributed by atoms with E-state index in [1.165, 1.54) is 32.1 Å². The Kier molecular flexibility index (Phi) is 6.91. The molecule has 0 amide bonds. The van der Waals surface area contributed by atoms with Crippen molar-refractivity contribution in [2.45, 2.75) is 77.4 Å². The van der Waals surface area contributed by atoms with Gasteiger partial charge in [0, 0.05) is 32.2 Å². The molecule has 0 spiro atoms. The van der Waals surface area contributed by atoms with Crippen LogP contribution >= 0.6 is 12.2 Å². The number of piperazine rings is 1. The minimum absolute atomic E-state index is 0.459. The van der Waals surface area contributed by atoms with E-state index in [-0.39, 0.29) is 0 Å². The summed E-state index contributed by atoms with van der Waals surface area (Å²) in [7, 11) is -3.50. The minimum Gasteiger partial charge on any atom is -0.301 e. The molecule has 1 saturated heterocycles. The van der Waals surface area contributed by atoms with Gasteiger partial charge in [-0.15, -0.1) is 0 Å². The first-order valence-corrected chi connectivity index (χ1v) is 13.5. The van der Waals surface area contributed by atoms with Gasteiger partial charge in [0.25, 0.3) is 0 Å². The van der Waals surface area contributed by atoms with Gasteiger partial charge in [-0.3, -0.25) is 4.90 Å². The predicted octanol–water partition coefficient (Wildman–Crippen LogP) is 4.12. The van der Waals surface area contributed by atoms with Crippen molar-refractivity contribution < 1.29 is 8.42 Å². The van der Waals surface area contributed by atoms with E-state index in [2.05, 4.69) is 9.47 Å². The number of hydrogen-bond acceptors (Lipinski definition) is 5. The molecule has 32 heavy (non-hydrogen) atoms. The predicted molar refractivity (Wildman–Crippen MR) is 129 cm³/mol. The molecule has 1 aliphatic heterocycles. The van der Waals surface area contributed by atoms with E-state index in [9.17, 15) is 8.42 Å². The fraction of sp³-hybridized carbons (Fsp3) is 0.652. The molecule has 4 rings (SSSR count). The molecule has 7 nitrogen and oxygen atoms in total. The van der Waals surface area contributed by atoms with Crippen LogP contribution in [0.5, 0.6) is 0 Å². The first-order chi connectivity index (χ1) is 15.2. The van der Waals surface area contributed by atoms with Crippen molar-refractivity contribution in [2.75, 3.05) is 26.2 Å². The van der Waals surface area contributed by atoms with E-state index in [1.807, 2.05) is 44.5 Å². The number of sulfonamides is 1. The van der Waals surface area contributed by atoms with Crippen molar-refractivity contribution in [3.8, 4) is 0 Å². The number of hydrogen-bond donors (Lipinski definition) is 0. The van der Waals surface area contributed by atoms with Crippen molar-refractivity contribution in [1.82, 2.24) is 23.6 Å². The highest BCUT2D eigenvalue weighted by Crippen LogP contribution is 2.30. The summed E-state index contributed by atoms with van der Waals surface area (Å²) in [5, 5.41) is 4.73. The zero-order valence-corrected chi connectivity index (χ0v) is 21.3. The zero-order valence-electron chi connectivity index (χ0n) is 19.7. The lowest BCUT2D eigenvalue weighted by Gasteiger charge is -2.34. The van der Waals surface area contributed by atoms with Gasteiger partial charge in [0.2, 0.25) is 10.0 Å². The number of aryl methyl sites for hydroxylation is 4. The first kappa shape index (κ1) is 23.6. The largest absolute Gasteiger partial charge is 0.301 e. The summed E-state index contributed by atoms with van der Waals surface area (Å²) in [5.74, 6) is 0.980. The monoisotopic (exact) mass is 477 g/mol. The average Bonchev–Trinajstić information content (AvgIpc) is 3.01. The topological polar surface area (TPSA) is 63.4 Å². The van der Waals surface area contributed by atoms with Crippen molar-refractivity contribution in [3.05, 3.63) is 39.4 Å². The van der Waals surface area contributed by atoms with Crippen molar-refractivity contribution in [3.63, 3.8) is 0 Å². The van der Waals surface area contributed by atoms with Gasteiger partial charge >= 0.3 is 0 Å². The van der Waals surface area contributed by atoms with Gasteiger partial charge in [-0.05, 0) is 63.9 Å². The van der Waals surface area contributed by atoms with Crippen LogP contribution < -0.4 is 0 Å². The maximum Gasteiger partial charge on any atom is 0.243 e. The maximum atomic E-state index is 13.4. The van der Waals surface area contributed by atoms with E-state index >= 15 is 0 Å². The fourth-order valence-electron chi connectivity index (χ4n) is 5.38. The van der Waals surface area contributed by atoms with Crippen LogP contribution in [0.2, 0.25) is 0 Å². The summed E-state index contributed by atoms with van der Waals surface area (Å²) in [6, 6.07) is 4.36. The van der Waals surface area contributed by atoms with Gasteiger partial charge in [-0.2, -0.15) is 9.40 Å². The van der Waals surface area contributed by atoms with Crippen LogP contribution in [0.3, 0.4) is 0 Å². The number of benzene rings is 1. The second-order valence-electron chi connectivity index (χ2n) is 9.38. The molecular formula is C23H35N5O2S2. The second kappa shape index (κ2) is 9.37. The second-order valence-corrected chi connectivity index (χ2v) is 11.6. The molecule has 0 unspecified atom stereocenters. The Hall–Kier alpha value is -1.55. The SMILES string of the molecule is Cc1cc(C)c(S(=O)(=O)N2CCN(Cn3nc(C)n(C4CCCCC4)c3=S)CC2)c(C)c1. The van der Waals surface area contributed by atoms with E-state index in [0.717, 1.165) is 27.3 Å². The highest BCUT2D eigenvalue weighted by atomic mass is 32.2. The van der Waals surface area contributed by atoms with Crippen molar-refractivity contribution >= 4 is 22.2 Å².